The van der Waals surface area contributed by atoms with Crippen LogP contribution >= 0.6 is 0 Å². The van der Waals surface area contributed by atoms with Crippen LogP contribution in [0.4, 0.5) is 5.69 Å². The highest BCUT2D eigenvalue weighted by atomic mass is 16.6. The summed E-state index contributed by atoms with van der Waals surface area (Å²) in [6, 6.07) is 11.9. The molecule has 0 bridgehead atoms. The van der Waals surface area contributed by atoms with Crippen molar-refractivity contribution >= 4 is 5.69 Å². The van der Waals surface area contributed by atoms with E-state index in [1.54, 1.807) is 24.3 Å². The lowest BCUT2D eigenvalue weighted by Crippen LogP contribution is -2.02. The van der Waals surface area contributed by atoms with E-state index in [-0.39, 0.29) is 18.9 Å². The molecule has 0 aliphatic carbocycles. The maximum absolute atomic E-state index is 10.9. The number of nitrogens with zero attached hydrogens (tertiary/aromatic N) is 1. The molecule has 0 aromatic heterocycles. The molecule has 2 rings (SSSR count). The van der Waals surface area contributed by atoms with Crippen LogP contribution in [-0.4, -0.2) is 10.0 Å². The topological polar surface area (TPSA) is 72.6 Å². The lowest BCUT2D eigenvalue weighted by Gasteiger charge is -2.11. The summed E-state index contributed by atoms with van der Waals surface area (Å²) in [7, 11) is 0. The van der Waals surface area contributed by atoms with Crippen molar-refractivity contribution in [2.75, 3.05) is 0 Å². The molecular formula is C15H15NO4. The van der Waals surface area contributed by atoms with Gasteiger partial charge in [-0.1, -0.05) is 29.8 Å². The number of nitro benzene ring substituents is 1. The number of rotatable bonds is 5. The van der Waals surface area contributed by atoms with Crippen LogP contribution < -0.4 is 4.74 Å². The molecule has 5 nitrogen and oxygen atoms in total. The number of ether oxygens (including phenoxy) is 1. The highest BCUT2D eigenvalue weighted by Crippen LogP contribution is 2.24. The van der Waals surface area contributed by atoms with Gasteiger partial charge in [0.1, 0.15) is 12.4 Å². The smallest absolute Gasteiger partial charge is 0.276 e. The van der Waals surface area contributed by atoms with E-state index >= 15 is 0 Å². The Hall–Kier alpha value is -2.40. The summed E-state index contributed by atoms with van der Waals surface area (Å²) < 4.78 is 5.60. The van der Waals surface area contributed by atoms with Gasteiger partial charge in [0.05, 0.1) is 17.1 Å². The summed E-state index contributed by atoms with van der Waals surface area (Å²) in [4.78, 5) is 10.5. The predicted octanol–water partition coefficient (Wildman–Crippen LogP) is 2.97. The third-order valence-corrected chi connectivity index (χ3v) is 2.96. The van der Waals surface area contributed by atoms with E-state index in [4.69, 9.17) is 4.74 Å². The van der Waals surface area contributed by atoms with Crippen LogP contribution in [0.5, 0.6) is 5.75 Å². The first-order valence-corrected chi connectivity index (χ1v) is 6.17. The third-order valence-electron chi connectivity index (χ3n) is 2.96. The molecule has 0 saturated heterocycles. The molecule has 0 heterocycles. The molecule has 0 radical (unpaired) electrons. The average Bonchev–Trinajstić information content (AvgIpc) is 2.46. The molecule has 104 valence electrons. The van der Waals surface area contributed by atoms with Crippen molar-refractivity contribution in [1.29, 1.82) is 0 Å². The molecule has 0 aliphatic heterocycles. The predicted molar refractivity (Wildman–Crippen MR) is 74.5 cm³/mol. The number of nitro groups is 1. The van der Waals surface area contributed by atoms with Crippen molar-refractivity contribution in [3.05, 3.63) is 69.3 Å². The summed E-state index contributed by atoms with van der Waals surface area (Å²) in [5.74, 6) is 0.538. The van der Waals surface area contributed by atoms with E-state index in [1.165, 1.54) is 6.07 Å². The van der Waals surface area contributed by atoms with Gasteiger partial charge in [-0.3, -0.25) is 10.1 Å². The van der Waals surface area contributed by atoms with Crippen LogP contribution in [0.3, 0.4) is 0 Å². The van der Waals surface area contributed by atoms with Crippen molar-refractivity contribution in [2.45, 2.75) is 20.1 Å². The molecule has 1 N–H and O–H groups in total. The number of aryl methyl sites for hydroxylation is 1. The van der Waals surface area contributed by atoms with E-state index in [2.05, 4.69) is 0 Å². The van der Waals surface area contributed by atoms with E-state index in [0.717, 1.165) is 5.56 Å². The Morgan fingerprint density at radius 1 is 1.20 bits per heavy atom. The van der Waals surface area contributed by atoms with E-state index in [9.17, 15) is 15.2 Å². The fourth-order valence-electron chi connectivity index (χ4n) is 1.94. The maximum atomic E-state index is 10.9. The summed E-state index contributed by atoms with van der Waals surface area (Å²) in [6.07, 6.45) is 0. The van der Waals surface area contributed by atoms with Gasteiger partial charge >= 0.3 is 0 Å². The first-order valence-electron chi connectivity index (χ1n) is 6.17. The van der Waals surface area contributed by atoms with E-state index in [0.29, 0.717) is 16.9 Å². The van der Waals surface area contributed by atoms with Gasteiger partial charge in [0, 0.05) is 11.6 Å². The van der Waals surface area contributed by atoms with Gasteiger partial charge in [0.15, 0.2) is 0 Å². The monoisotopic (exact) mass is 273 g/mol. The first-order chi connectivity index (χ1) is 9.61. The second-order valence-electron chi connectivity index (χ2n) is 4.44. The number of hydrogen-bond acceptors (Lipinski definition) is 4. The SMILES string of the molecule is Cc1ccc(OCc2ccccc2[N+](=O)[O-])c(CO)c1. The van der Waals surface area contributed by atoms with E-state index < -0.39 is 4.92 Å². The number of hydrogen-bond donors (Lipinski definition) is 1. The van der Waals surface area contributed by atoms with Gasteiger partial charge in [0.2, 0.25) is 0 Å². The van der Waals surface area contributed by atoms with Crippen molar-refractivity contribution in [3.8, 4) is 5.75 Å². The average molecular weight is 273 g/mol. The van der Waals surface area contributed by atoms with E-state index in [1.807, 2.05) is 19.1 Å². The number of para-hydroxylation sites is 1. The molecule has 0 atom stereocenters. The highest BCUT2D eigenvalue weighted by Gasteiger charge is 2.13. The second-order valence-corrected chi connectivity index (χ2v) is 4.44. The standard InChI is InChI=1S/C15H15NO4/c1-11-6-7-15(13(8-11)9-17)20-10-12-4-2-3-5-14(12)16(18)19/h2-8,17H,9-10H2,1H3. The molecule has 20 heavy (non-hydrogen) atoms. The molecule has 0 saturated carbocycles. The largest absolute Gasteiger partial charge is 0.488 e. The van der Waals surface area contributed by atoms with Gasteiger partial charge < -0.3 is 9.84 Å². The Balaban J connectivity index is 2.19. The van der Waals surface area contributed by atoms with Gasteiger partial charge in [-0.05, 0) is 19.1 Å². The molecule has 0 spiro atoms. The van der Waals surface area contributed by atoms with Crippen molar-refractivity contribution in [2.24, 2.45) is 0 Å². The molecule has 2 aromatic rings. The summed E-state index contributed by atoms with van der Waals surface area (Å²) >= 11 is 0. The minimum absolute atomic E-state index is 0.0326. The molecule has 5 heteroatoms. The second kappa shape index (κ2) is 6.16. The van der Waals surface area contributed by atoms with Crippen LogP contribution in [0, 0.1) is 17.0 Å². The Labute approximate surface area is 116 Å². The lowest BCUT2D eigenvalue weighted by molar-refractivity contribution is -0.385. The Morgan fingerprint density at radius 3 is 2.65 bits per heavy atom. The lowest BCUT2D eigenvalue weighted by atomic mass is 10.1. The normalized spacial score (nSPS) is 10.3. The van der Waals surface area contributed by atoms with Gasteiger partial charge in [-0.15, -0.1) is 0 Å². The molecule has 0 amide bonds. The number of aliphatic hydroxyl groups is 1. The van der Waals surface area contributed by atoms with Crippen molar-refractivity contribution in [3.63, 3.8) is 0 Å². The van der Waals surface area contributed by atoms with Gasteiger partial charge in [-0.2, -0.15) is 0 Å². The minimum Gasteiger partial charge on any atom is -0.488 e. The molecule has 0 fully saturated rings. The summed E-state index contributed by atoms with van der Waals surface area (Å²) in [5.41, 5.74) is 2.22. The Morgan fingerprint density at radius 2 is 1.95 bits per heavy atom. The van der Waals surface area contributed by atoms with Crippen molar-refractivity contribution < 1.29 is 14.8 Å². The fourth-order valence-corrected chi connectivity index (χ4v) is 1.94. The number of aliphatic hydroxyl groups excluding tert-OH is 1. The summed E-state index contributed by atoms with van der Waals surface area (Å²) in [5, 5.41) is 20.2. The summed E-state index contributed by atoms with van der Waals surface area (Å²) in [6.45, 7) is 1.88. The van der Waals surface area contributed by atoms with Crippen LogP contribution in [-0.2, 0) is 13.2 Å². The third kappa shape index (κ3) is 3.13. The zero-order chi connectivity index (χ0) is 14.5. The first kappa shape index (κ1) is 14.0. The molecule has 0 unspecified atom stereocenters. The molecular weight excluding hydrogens is 258 g/mol. The quantitative estimate of drug-likeness (QED) is 0.671. The Bertz CT molecular complexity index is 625. The zero-order valence-corrected chi connectivity index (χ0v) is 11.1. The van der Waals surface area contributed by atoms with Gasteiger partial charge in [-0.25, -0.2) is 0 Å². The van der Waals surface area contributed by atoms with Gasteiger partial charge in [0.25, 0.3) is 5.69 Å². The maximum Gasteiger partial charge on any atom is 0.276 e. The van der Waals surface area contributed by atoms with Crippen LogP contribution in [0.15, 0.2) is 42.5 Å². The molecule has 0 aliphatic rings. The van der Waals surface area contributed by atoms with Crippen LogP contribution in [0.2, 0.25) is 0 Å². The number of benzene rings is 2. The highest BCUT2D eigenvalue weighted by molar-refractivity contribution is 5.41. The van der Waals surface area contributed by atoms with Crippen LogP contribution in [0.1, 0.15) is 16.7 Å². The zero-order valence-electron chi connectivity index (χ0n) is 11.1. The van der Waals surface area contributed by atoms with Crippen molar-refractivity contribution in [1.82, 2.24) is 0 Å². The fraction of sp³-hybridized carbons (Fsp3) is 0.200. The van der Waals surface area contributed by atoms with Crippen LogP contribution in [0.25, 0.3) is 0 Å². The minimum atomic E-state index is -0.430. The molecule has 2 aromatic carbocycles. The Kier molecular flexibility index (Phi) is 4.32.